The molecule has 0 aliphatic heterocycles. The van der Waals surface area contributed by atoms with Gasteiger partial charge < -0.3 is 9.59 Å². The van der Waals surface area contributed by atoms with Crippen molar-refractivity contribution < 1.29 is 9.59 Å². The Bertz CT molecular complexity index is 522. The van der Waals surface area contributed by atoms with Crippen molar-refractivity contribution in [3.63, 3.8) is 0 Å². The van der Waals surface area contributed by atoms with E-state index in [0.717, 1.165) is 16.6 Å². The maximum atomic E-state index is 10.6. The molecule has 0 radical (unpaired) electrons. The van der Waals surface area contributed by atoms with E-state index in [9.17, 15) is 5.11 Å². The van der Waals surface area contributed by atoms with Crippen LogP contribution in [0.1, 0.15) is 24.2 Å². The van der Waals surface area contributed by atoms with Crippen LogP contribution in [-0.4, -0.2) is 29.7 Å². The highest BCUT2D eigenvalue weighted by Crippen LogP contribution is 2.25. The second kappa shape index (κ2) is 6.21. The summed E-state index contributed by atoms with van der Waals surface area (Å²) in [5, 5.41) is 10.6. The van der Waals surface area contributed by atoms with Crippen molar-refractivity contribution in [2.45, 2.75) is 25.6 Å². The molecule has 1 N–H and O–H groups in total. The van der Waals surface area contributed by atoms with Gasteiger partial charge in [0.2, 0.25) is 0 Å². The smallest absolute Gasteiger partial charge is 0.130 e. The van der Waals surface area contributed by atoms with Crippen LogP contribution in [0.15, 0.2) is 60.7 Å². The van der Waals surface area contributed by atoms with Gasteiger partial charge in [-0.1, -0.05) is 60.7 Å². The minimum Gasteiger partial charge on any atom is -0.382 e. The molecule has 0 saturated heterocycles. The number of hydrogen-bond acceptors (Lipinski definition) is 1. The quantitative estimate of drug-likeness (QED) is 0.826. The number of nitrogens with zero attached hydrogens (tertiary/aromatic N) is 1. The second-order valence-corrected chi connectivity index (χ2v) is 6.02. The third-order valence-corrected chi connectivity index (χ3v) is 4.13. The van der Waals surface area contributed by atoms with Crippen LogP contribution in [0, 0.1) is 0 Å². The van der Waals surface area contributed by atoms with Crippen LogP contribution < -0.4 is 0 Å². The van der Waals surface area contributed by atoms with Gasteiger partial charge in [0.25, 0.3) is 0 Å². The summed E-state index contributed by atoms with van der Waals surface area (Å²) < 4.78 is 0.750. The van der Waals surface area contributed by atoms with Crippen LogP contribution in [0.25, 0.3) is 0 Å². The molecule has 0 amide bonds. The lowest BCUT2D eigenvalue weighted by molar-refractivity contribution is -0.930. The van der Waals surface area contributed by atoms with Gasteiger partial charge in [-0.05, 0) is 12.5 Å². The molecule has 0 fully saturated rings. The summed E-state index contributed by atoms with van der Waals surface area (Å²) in [5.41, 5.74) is 2.28. The van der Waals surface area contributed by atoms with Crippen LogP contribution in [-0.2, 0) is 6.54 Å². The van der Waals surface area contributed by atoms with E-state index in [1.807, 2.05) is 36.4 Å². The van der Waals surface area contributed by atoms with E-state index in [1.165, 1.54) is 5.56 Å². The van der Waals surface area contributed by atoms with Crippen molar-refractivity contribution in [3.05, 3.63) is 71.8 Å². The predicted octanol–water partition coefficient (Wildman–Crippen LogP) is 3.39. The van der Waals surface area contributed by atoms with Crippen LogP contribution in [0.5, 0.6) is 0 Å². The van der Waals surface area contributed by atoms with E-state index in [0.29, 0.717) is 0 Å². The second-order valence-electron chi connectivity index (χ2n) is 6.02. The minimum atomic E-state index is -0.449. The first kappa shape index (κ1) is 14.8. The van der Waals surface area contributed by atoms with E-state index in [1.54, 1.807) is 0 Å². The van der Waals surface area contributed by atoms with Gasteiger partial charge in [0.15, 0.2) is 0 Å². The number of benzene rings is 2. The molecule has 2 rings (SSSR count). The summed E-state index contributed by atoms with van der Waals surface area (Å²) in [6.07, 6.45) is -0.449. The van der Waals surface area contributed by atoms with E-state index < -0.39 is 6.10 Å². The molecule has 2 unspecified atom stereocenters. The molecule has 0 bridgehead atoms. The summed E-state index contributed by atoms with van der Waals surface area (Å²) in [4.78, 5) is 0. The molecule has 0 aromatic heterocycles. The van der Waals surface area contributed by atoms with Crippen molar-refractivity contribution >= 4 is 0 Å². The van der Waals surface area contributed by atoms with Gasteiger partial charge in [-0.15, -0.1) is 0 Å². The maximum absolute atomic E-state index is 10.6. The fourth-order valence-corrected chi connectivity index (χ4v) is 2.51. The number of quaternary nitrogens is 1. The Balaban J connectivity index is 2.12. The lowest BCUT2D eigenvalue weighted by Gasteiger charge is -2.38. The first-order valence-electron chi connectivity index (χ1n) is 7.10. The van der Waals surface area contributed by atoms with Crippen molar-refractivity contribution in [1.29, 1.82) is 0 Å². The van der Waals surface area contributed by atoms with Gasteiger partial charge in [0, 0.05) is 5.56 Å². The Morgan fingerprint density at radius 2 is 1.40 bits per heavy atom. The van der Waals surface area contributed by atoms with E-state index in [2.05, 4.69) is 45.3 Å². The number of aliphatic hydroxyl groups excluding tert-OH is 1. The average molecular weight is 270 g/mol. The fraction of sp³-hybridized carbons (Fsp3) is 0.333. The Morgan fingerprint density at radius 1 is 0.900 bits per heavy atom. The van der Waals surface area contributed by atoms with Crippen molar-refractivity contribution in [1.82, 2.24) is 0 Å². The average Bonchev–Trinajstić information content (AvgIpc) is 2.47. The van der Waals surface area contributed by atoms with E-state index in [4.69, 9.17) is 0 Å². The zero-order chi connectivity index (χ0) is 14.6. The predicted molar refractivity (Wildman–Crippen MR) is 83.1 cm³/mol. The minimum absolute atomic E-state index is 0.123. The topological polar surface area (TPSA) is 20.2 Å². The number of likely N-dealkylation sites (N-methyl/N-ethyl adjacent to an activating group) is 1. The standard InChI is InChI=1S/C18H24NO/c1-15(18(20)17-12-8-5-9-13-17)19(2,3)14-16-10-6-4-7-11-16/h4-13,15,18,20H,14H2,1-3H3/q+1. The highest BCUT2D eigenvalue weighted by molar-refractivity contribution is 5.18. The summed E-state index contributed by atoms with van der Waals surface area (Å²) in [7, 11) is 4.34. The molecule has 0 aliphatic carbocycles. The van der Waals surface area contributed by atoms with Crippen molar-refractivity contribution in [2.75, 3.05) is 14.1 Å². The van der Waals surface area contributed by atoms with Crippen LogP contribution in [0.2, 0.25) is 0 Å². The molecule has 2 heteroatoms. The van der Waals surface area contributed by atoms with Gasteiger partial charge in [0.1, 0.15) is 18.7 Å². The number of hydrogen-bond donors (Lipinski definition) is 1. The molecule has 2 atom stereocenters. The zero-order valence-corrected chi connectivity index (χ0v) is 12.5. The number of rotatable bonds is 5. The molecule has 20 heavy (non-hydrogen) atoms. The molecule has 0 aliphatic rings. The van der Waals surface area contributed by atoms with Crippen LogP contribution >= 0.6 is 0 Å². The molecule has 2 aromatic carbocycles. The first-order valence-corrected chi connectivity index (χ1v) is 7.10. The zero-order valence-electron chi connectivity index (χ0n) is 12.5. The summed E-state index contributed by atoms with van der Waals surface area (Å²) in [5.74, 6) is 0. The Hall–Kier alpha value is -1.64. The molecular formula is C18H24NO+. The normalized spacial score (nSPS) is 14.8. The lowest BCUT2D eigenvalue weighted by Crippen LogP contribution is -2.49. The van der Waals surface area contributed by atoms with Gasteiger partial charge in [0.05, 0.1) is 14.1 Å². The Morgan fingerprint density at radius 3 is 1.95 bits per heavy atom. The molecule has 2 aromatic rings. The summed E-state index contributed by atoms with van der Waals surface area (Å²) in [6, 6.07) is 20.5. The molecule has 106 valence electrons. The largest absolute Gasteiger partial charge is 0.382 e. The Kier molecular flexibility index (Phi) is 4.58. The molecule has 0 heterocycles. The van der Waals surface area contributed by atoms with Crippen LogP contribution in [0.3, 0.4) is 0 Å². The van der Waals surface area contributed by atoms with Gasteiger partial charge in [-0.3, -0.25) is 0 Å². The SMILES string of the molecule is CC(C(O)c1ccccc1)[N+](C)(C)Cc1ccccc1. The molecular weight excluding hydrogens is 246 g/mol. The van der Waals surface area contributed by atoms with Gasteiger partial charge in [-0.25, -0.2) is 0 Å². The lowest BCUT2D eigenvalue weighted by atomic mass is 10.0. The highest BCUT2D eigenvalue weighted by atomic mass is 16.3. The van der Waals surface area contributed by atoms with E-state index in [-0.39, 0.29) is 6.04 Å². The summed E-state index contributed by atoms with van der Waals surface area (Å²) in [6.45, 7) is 3.02. The third kappa shape index (κ3) is 3.47. The monoisotopic (exact) mass is 270 g/mol. The first-order chi connectivity index (χ1) is 9.50. The third-order valence-electron chi connectivity index (χ3n) is 4.13. The fourth-order valence-electron chi connectivity index (χ4n) is 2.51. The van der Waals surface area contributed by atoms with Gasteiger partial charge >= 0.3 is 0 Å². The highest BCUT2D eigenvalue weighted by Gasteiger charge is 2.31. The number of aliphatic hydroxyl groups is 1. The maximum Gasteiger partial charge on any atom is 0.130 e. The van der Waals surface area contributed by atoms with E-state index >= 15 is 0 Å². The van der Waals surface area contributed by atoms with Crippen molar-refractivity contribution in [3.8, 4) is 0 Å². The molecule has 0 saturated carbocycles. The van der Waals surface area contributed by atoms with Crippen molar-refractivity contribution in [2.24, 2.45) is 0 Å². The van der Waals surface area contributed by atoms with Gasteiger partial charge in [-0.2, -0.15) is 0 Å². The molecule has 2 nitrogen and oxygen atoms in total. The Labute approximate surface area is 121 Å². The van der Waals surface area contributed by atoms with Crippen LogP contribution in [0.4, 0.5) is 0 Å². The summed E-state index contributed by atoms with van der Waals surface area (Å²) >= 11 is 0. The molecule has 0 spiro atoms.